The van der Waals surface area contributed by atoms with Crippen LogP contribution in [0.5, 0.6) is 11.5 Å². The van der Waals surface area contributed by atoms with Gasteiger partial charge in [-0.3, -0.25) is 4.79 Å². The van der Waals surface area contributed by atoms with Crippen LogP contribution in [0.15, 0.2) is 48.7 Å². The van der Waals surface area contributed by atoms with E-state index < -0.39 is 0 Å². The van der Waals surface area contributed by atoms with Gasteiger partial charge in [0.15, 0.2) is 11.5 Å². The summed E-state index contributed by atoms with van der Waals surface area (Å²) in [7, 11) is 0. The maximum atomic E-state index is 12.5. The number of carbonyl (C=O) groups excluding carboxylic acids is 1. The van der Waals surface area contributed by atoms with Crippen LogP contribution < -0.4 is 25.4 Å². The van der Waals surface area contributed by atoms with Crippen molar-refractivity contribution in [2.45, 2.75) is 6.92 Å². The van der Waals surface area contributed by atoms with Gasteiger partial charge in [-0.25, -0.2) is 15.0 Å². The highest BCUT2D eigenvalue weighted by Gasteiger charge is 2.19. The van der Waals surface area contributed by atoms with E-state index in [2.05, 4.69) is 30.9 Å². The van der Waals surface area contributed by atoms with Crippen molar-refractivity contribution >= 4 is 23.4 Å². The number of aryl methyl sites for hydroxylation is 1. The Hall–Kier alpha value is -3.88. The Morgan fingerprint density at radius 3 is 2.73 bits per heavy atom. The number of pyridine rings is 1. The summed E-state index contributed by atoms with van der Waals surface area (Å²) >= 11 is 0. The first-order valence-electron chi connectivity index (χ1n) is 9.63. The molecule has 154 valence electrons. The zero-order valence-corrected chi connectivity index (χ0v) is 16.5. The minimum Gasteiger partial charge on any atom is -0.486 e. The minimum absolute atomic E-state index is 0.212. The van der Waals surface area contributed by atoms with Crippen molar-refractivity contribution < 1.29 is 14.3 Å². The highest BCUT2D eigenvalue weighted by molar-refractivity contribution is 5.97. The largest absolute Gasteiger partial charge is 0.486 e. The smallest absolute Gasteiger partial charge is 0.255 e. The molecule has 30 heavy (non-hydrogen) atoms. The molecule has 0 bridgehead atoms. The van der Waals surface area contributed by atoms with E-state index in [1.54, 1.807) is 30.5 Å². The predicted molar refractivity (Wildman–Crippen MR) is 113 cm³/mol. The van der Waals surface area contributed by atoms with Crippen LogP contribution in [0.25, 0.3) is 0 Å². The highest BCUT2D eigenvalue weighted by atomic mass is 16.6. The lowest BCUT2D eigenvalue weighted by atomic mass is 10.1. The molecule has 0 saturated heterocycles. The number of ether oxygens (including phenoxy) is 2. The first-order valence-corrected chi connectivity index (χ1v) is 9.63. The molecule has 0 atom stereocenters. The molecule has 0 aliphatic carbocycles. The monoisotopic (exact) mass is 406 g/mol. The van der Waals surface area contributed by atoms with Gasteiger partial charge >= 0.3 is 0 Å². The molecule has 0 radical (unpaired) electrons. The number of hydrogen-bond acceptors (Lipinski definition) is 8. The fourth-order valence-electron chi connectivity index (χ4n) is 3.00. The molecule has 1 aliphatic heterocycles. The molecule has 9 nitrogen and oxygen atoms in total. The Labute approximate surface area is 173 Å². The molecule has 9 heteroatoms. The lowest BCUT2D eigenvalue weighted by molar-refractivity contribution is 0.0944. The number of anilines is 3. The predicted octanol–water partition coefficient (Wildman–Crippen LogP) is 2.54. The molecule has 0 fully saturated rings. The lowest BCUT2D eigenvalue weighted by Crippen LogP contribution is -2.30. The van der Waals surface area contributed by atoms with Crippen LogP contribution in [0.4, 0.5) is 17.5 Å². The zero-order chi connectivity index (χ0) is 20.8. The van der Waals surface area contributed by atoms with E-state index in [-0.39, 0.29) is 5.91 Å². The number of nitrogens with zero attached hydrogens (tertiary/aromatic N) is 3. The third kappa shape index (κ3) is 4.75. The first-order chi connectivity index (χ1) is 14.7. The maximum absolute atomic E-state index is 12.5. The van der Waals surface area contributed by atoms with E-state index in [4.69, 9.17) is 9.47 Å². The van der Waals surface area contributed by atoms with E-state index in [9.17, 15) is 4.79 Å². The molecule has 3 aromatic rings. The second-order valence-corrected chi connectivity index (χ2v) is 6.54. The van der Waals surface area contributed by atoms with Crippen molar-refractivity contribution in [3.63, 3.8) is 0 Å². The Balaban J connectivity index is 1.32. The first kappa shape index (κ1) is 19.4. The number of nitrogens with one attached hydrogen (secondary N) is 3. The fourth-order valence-corrected chi connectivity index (χ4v) is 3.00. The van der Waals surface area contributed by atoms with Crippen LogP contribution in [-0.4, -0.2) is 47.2 Å². The number of aromatic nitrogens is 3. The molecule has 2 aromatic heterocycles. The van der Waals surface area contributed by atoms with Gasteiger partial charge in [0, 0.05) is 25.4 Å². The van der Waals surface area contributed by atoms with Gasteiger partial charge in [0.25, 0.3) is 5.91 Å². The average Bonchev–Trinajstić information content (AvgIpc) is 2.76. The summed E-state index contributed by atoms with van der Waals surface area (Å²) in [4.78, 5) is 25.5. The fraction of sp³-hybridized carbons (Fsp3) is 0.238. The summed E-state index contributed by atoms with van der Waals surface area (Å²) in [5, 5.41) is 9.23. The van der Waals surface area contributed by atoms with Gasteiger partial charge in [-0.2, -0.15) is 0 Å². The van der Waals surface area contributed by atoms with Crippen molar-refractivity contribution in [3.05, 3.63) is 60.0 Å². The Morgan fingerprint density at radius 2 is 1.87 bits per heavy atom. The SMILES string of the molecule is Cc1nc(NCCNC(=O)c2cccc3c2OCCO3)cc(Nc2ccccn2)n1. The molecule has 1 amide bonds. The quantitative estimate of drug-likeness (QED) is 0.514. The number of amides is 1. The van der Waals surface area contributed by atoms with Crippen LogP contribution in [0.3, 0.4) is 0 Å². The Kier molecular flexibility index (Phi) is 5.88. The van der Waals surface area contributed by atoms with E-state index in [0.29, 0.717) is 66.6 Å². The second kappa shape index (κ2) is 9.08. The topological polar surface area (TPSA) is 110 Å². The van der Waals surface area contributed by atoms with Crippen LogP contribution in [0, 0.1) is 6.92 Å². The van der Waals surface area contributed by atoms with Crippen LogP contribution in [0.1, 0.15) is 16.2 Å². The summed E-state index contributed by atoms with van der Waals surface area (Å²) in [6.45, 7) is 3.64. The molecule has 0 saturated carbocycles. The second-order valence-electron chi connectivity index (χ2n) is 6.54. The van der Waals surface area contributed by atoms with Gasteiger partial charge in [-0.1, -0.05) is 12.1 Å². The molecular weight excluding hydrogens is 384 g/mol. The number of para-hydroxylation sites is 1. The number of carbonyl (C=O) groups is 1. The molecule has 0 unspecified atom stereocenters. The molecular formula is C21H22N6O3. The third-order valence-electron chi connectivity index (χ3n) is 4.29. The number of fused-ring (bicyclic) bond motifs is 1. The zero-order valence-electron chi connectivity index (χ0n) is 16.5. The van der Waals surface area contributed by atoms with Gasteiger partial charge in [0.05, 0.1) is 5.56 Å². The van der Waals surface area contributed by atoms with Gasteiger partial charge in [-0.15, -0.1) is 0 Å². The van der Waals surface area contributed by atoms with Gasteiger partial charge in [0.2, 0.25) is 0 Å². The number of rotatable bonds is 7. The van der Waals surface area contributed by atoms with E-state index >= 15 is 0 Å². The molecule has 1 aliphatic rings. The van der Waals surface area contributed by atoms with Crippen LogP contribution in [-0.2, 0) is 0 Å². The third-order valence-corrected chi connectivity index (χ3v) is 4.29. The molecule has 1 aromatic carbocycles. The normalized spacial score (nSPS) is 12.2. The maximum Gasteiger partial charge on any atom is 0.255 e. The van der Waals surface area contributed by atoms with E-state index in [0.717, 1.165) is 0 Å². The average molecular weight is 406 g/mol. The van der Waals surface area contributed by atoms with E-state index in [1.165, 1.54) is 0 Å². The Bertz CT molecular complexity index is 1030. The van der Waals surface area contributed by atoms with Crippen LogP contribution >= 0.6 is 0 Å². The van der Waals surface area contributed by atoms with Crippen molar-refractivity contribution in [2.24, 2.45) is 0 Å². The minimum atomic E-state index is -0.212. The van der Waals surface area contributed by atoms with Crippen molar-refractivity contribution in [2.75, 3.05) is 36.9 Å². The van der Waals surface area contributed by atoms with Crippen LogP contribution in [0.2, 0.25) is 0 Å². The Morgan fingerprint density at radius 1 is 1.00 bits per heavy atom. The lowest BCUT2D eigenvalue weighted by Gasteiger charge is -2.20. The summed E-state index contributed by atoms with van der Waals surface area (Å²) in [6, 6.07) is 12.7. The molecule has 3 N–H and O–H groups in total. The molecule has 0 spiro atoms. The summed E-state index contributed by atoms with van der Waals surface area (Å²) < 4.78 is 11.1. The van der Waals surface area contributed by atoms with Gasteiger partial charge in [0.1, 0.15) is 36.5 Å². The molecule has 3 heterocycles. The molecule has 4 rings (SSSR count). The van der Waals surface area contributed by atoms with Gasteiger partial charge in [-0.05, 0) is 31.2 Å². The number of benzene rings is 1. The van der Waals surface area contributed by atoms with E-state index in [1.807, 2.05) is 25.1 Å². The van der Waals surface area contributed by atoms with Crippen molar-refractivity contribution in [1.29, 1.82) is 0 Å². The summed E-state index contributed by atoms with van der Waals surface area (Å²) in [5.74, 6) is 3.49. The summed E-state index contributed by atoms with van der Waals surface area (Å²) in [5.41, 5.74) is 0.465. The summed E-state index contributed by atoms with van der Waals surface area (Å²) in [6.07, 6.45) is 1.71. The van der Waals surface area contributed by atoms with Gasteiger partial charge < -0.3 is 25.4 Å². The van der Waals surface area contributed by atoms with Crippen molar-refractivity contribution in [3.8, 4) is 11.5 Å². The number of hydrogen-bond donors (Lipinski definition) is 3. The standard InChI is InChI=1S/C21H22N6O3/c1-14-25-18(13-19(26-14)27-17-7-2-3-8-22-17)23-9-10-24-21(28)15-5-4-6-16-20(15)30-12-11-29-16/h2-8,13H,9-12H2,1H3,(H,24,28)(H2,22,23,25,26,27). The van der Waals surface area contributed by atoms with Crippen molar-refractivity contribution in [1.82, 2.24) is 20.3 Å². The highest BCUT2D eigenvalue weighted by Crippen LogP contribution is 2.33.